The van der Waals surface area contributed by atoms with Crippen LogP contribution in [0.15, 0.2) is 57.1 Å². The number of hydrogen-bond acceptors (Lipinski definition) is 6. The van der Waals surface area contributed by atoms with Crippen molar-refractivity contribution in [2.24, 2.45) is 0 Å². The van der Waals surface area contributed by atoms with Crippen LogP contribution in [0.3, 0.4) is 0 Å². The van der Waals surface area contributed by atoms with E-state index >= 15 is 0 Å². The van der Waals surface area contributed by atoms with Crippen LogP contribution in [0.5, 0.6) is 5.75 Å². The molecule has 4 rings (SSSR count). The van der Waals surface area contributed by atoms with E-state index < -0.39 is 0 Å². The molecule has 0 aliphatic carbocycles. The first-order valence-electron chi connectivity index (χ1n) is 7.68. The summed E-state index contributed by atoms with van der Waals surface area (Å²) in [5.41, 5.74) is 4.04. The highest BCUT2D eigenvalue weighted by molar-refractivity contribution is 7.17. The second-order valence-electron chi connectivity index (χ2n) is 5.33. The number of fused-ring (bicyclic) bond motifs is 1. The summed E-state index contributed by atoms with van der Waals surface area (Å²) in [6.45, 7) is 2.31. The summed E-state index contributed by atoms with van der Waals surface area (Å²) >= 11 is 3.36. The molecule has 0 saturated heterocycles. The maximum absolute atomic E-state index is 5.84. The molecule has 3 aromatic heterocycles. The van der Waals surface area contributed by atoms with Crippen LogP contribution >= 0.6 is 35.1 Å². The Morgan fingerprint density at radius 1 is 1.16 bits per heavy atom. The lowest BCUT2D eigenvalue weighted by atomic mass is 10.1. The molecule has 0 unspecified atom stereocenters. The average molecular weight is 393 g/mol. The van der Waals surface area contributed by atoms with E-state index in [9.17, 15) is 0 Å². The van der Waals surface area contributed by atoms with Gasteiger partial charge in [-0.05, 0) is 46.0 Å². The lowest BCUT2D eigenvalue weighted by Crippen LogP contribution is -2.20. The monoisotopic (exact) mass is 392 g/mol. The average Bonchev–Trinajstić information content (AvgIpc) is 3.33. The van der Waals surface area contributed by atoms with E-state index in [0.29, 0.717) is 6.61 Å². The number of ether oxygens (including phenoxy) is 1. The predicted octanol–water partition coefficient (Wildman–Crippen LogP) is 5.21. The SMILES string of the molecule is Cl.c1cc(OCCNCc2ccsc2)cc(-c2noc3ccsc23)c1. The van der Waals surface area contributed by atoms with Gasteiger partial charge >= 0.3 is 0 Å². The third kappa shape index (κ3) is 4.22. The molecule has 0 atom stereocenters. The molecular formula is C18H17ClN2O2S2. The molecule has 25 heavy (non-hydrogen) atoms. The zero-order valence-corrected chi connectivity index (χ0v) is 15.8. The molecule has 0 spiro atoms. The Hall–Kier alpha value is -1.86. The van der Waals surface area contributed by atoms with E-state index in [4.69, 9.17) is 9.26 Å². The summed E-state index contributed by atoms with van der Waals surface area (Å²) in [6.07, 6.45) is 0. The molecule has 0 saturated carbocycles. The summed E-state index contributed by atoms with van der Waals surface area (Å²) < 4.78 is 12.3. The number of nitrogens with zero attached hydrogens (tertiary/aromatic N) is 1. The van der Waals surface area contributed by atoms with E-state index in [-0.39, 0.29) is 12.4 Å². The van der Waals surface area contributed by atoms with Crippen molar-refractivity contribution in [3.05, 3.63) is 58.1 Å². The number of benzene rings is 1. The fourth-order valence-corrected chi connectivity index (χ4v) is 3.95. The summed E-state index contributed by atoms with van der Waals surface area (Å²) in [6, 6.07) is 12.1. The first kappa shape index (κ1) is 17.9. The highest BCUT2D eigenvalue weighted by Gasteiger charge is 2.12. The normalized spacial score (nSPS) is 10.7. The first-order chi connectivity index (χ1) is 11.9. The van der Waals surface area contributed by atoms with Crippen LogP contribution in [-0.2, 0) is 6.54 Å². The Morgan fingerprint density at radius 2 is 2.12 bits per heavy atom. The van der Waals surface area contributed by atoms with Crippen molar-refractivity contribution in [1.82, 2.24) is 10.5 Å². The van der Waals surface area contributed by atoms with Gasteiger partial charge in [-0.2, -0.15) is 11.3 Å². The molecule has 0 aliphatic rings. The minimum Gasteiger partial charge on any atom is -0.492 e. The Kier molecular flexibility index (Phi) is 6.09. The number of nitrogens with one attached hydrogen (secondary N) is 1. The molecule has 0 radical (unpaired) electrons. The van der Waals surface area contributed by atoms with Crippen LogP contribution in [-0.4, -0.2) is 18.3 Å². The predicted molar refractivity (Wildman–Crippen MR) is 106 cm³/mol. The van der Waals surface area contributed by atoms with Gasteiger partial charge in [0.2, 0.25) is 0 Å². The van der Waals surface area contributed by atoms with Gasteiger partial charge in [0, 0.05) is 18.7 Å². The zero-order chi connectivity index (χ0) is 16.2. The molecule has 4 nitrogen and oxygen atoms in total. The molecule has 1 aromatic carbocycles. The van der Waals surface area contributed by atoms with E-state index in [1.807, 2.05) is 35.7 Å². The van der Waals surface area contributed by atoms with Crippen LogP contribution in [0, 0.1) is 0 Å². The molecule has 1 N–H and O–H groups in total. The van der Waals surface area contributed by atoms with Crippen molar-refractivity contribution in [2.45, 2.75) is 6.54 Å². The van der Waals surface area contributed by atoms with E-state index in [2.05, 4.69) is 27.3 Å². The van der Waals surface area contributed by atoms with Gasteiger partial charge in [-0.25, -0.2) is 0 Å². The van der Waals surface area contributed by atoms with Gasteiger partial charge in [0.1, 0.15) is 22.8 Å². The van der Waals surface area contributed by atoms with Crippen molar-refractivity contribution >= 4 is 45.4 Å². The number of rotatable bonds is 7. The Morgan fingerprint density at radius 3 is 3.00 bits per heavy atom. The number of thiophene rings is 2. The van der Waals surface area contributed by atoms with Gasteiger partial charge in [-0.1, -0.05) is 17.3 Å². The first-order valence-corrected chi connectivity index (χ1v) is 9.50. The van der Waals surface area contributed by atoms with Gasteiger partial charge in [0.25, 0.3) is 0 Å². The van der Waals surface area contributed by atoms with E-state index in [1.54, 1.807) is 22.7 Å². The van der Waals surface area contributed by atoms with Crippen LogP contribution < -0.4 is 10.1 Å². The number of hydrogen-bond donors (Lipinski definition) is 1. The van der Waals surface area contributed by atoms with Crippen molar-refractivity contribution in [3.63, 3.8) is 0 Å². The van der Waals surface area contributed by atoms with Gasteiger partial charge in [0.15, 0.2) is 5.58 Å². The third-order valence-corrected chi connectivity index (χ3v) is 5.28. The van der Waals surface area contributed by atoms with Crippen molar-refractivity contribution < 1.29 is 9.26 Å². The lowest BCUT2D eigenvalue weighted by Gasteiger charge is -2.08. The van der Waals surface area contributed by atoms with E-state index in [0.717, 1.165) is 40.4 Å². The van der Waals surface area contributed by atoms with Crippen LogP contribution in [0.25, 0.3) is 21.5 Å². The summed E-state index contributed by atoms with van der Waals surface area (Å²) in [5, 5.41) is 13.8. The largest absolute Gasteiger partial charge is 0.492 e. The molecule has 0 bridgehead atoms. The molecule has 3 heterocycles. The topological polar surface area (TPSA) is 47.3 Å². The van der Waals surface area contributed by atoms with Crippen molar-refractivity contribution in [3.8, 4) is 17.0 Å². The minimum absolute atomic E-state index is 0. The smallest absolute Gasteiger partial charge is 0.178 e. The maximum Gasteiger partial charge on any atom is 0.178 e. The third-order valence-electron chi connectivity index (χ3n) is 3.64. The van der Waals surface area contributed by atoms with Crippen LogP contribution in [0.1, 0.15) is 5.56 Å². The van der Waals surface area contributed by atoms with Crippen LogP contribution in [0.4, 0.5) is 0 Å². The van der Waals surface area contributed by atoms with Gasteiger partial charge < -0.3 is 14.6 Å². The standard InChI is InChI=1S/C18H16N2O2S2.ClH/c1-2-14(17-18-16(22-20-17)5-9-24-18)10-15(3-1)21-7-6-19-11-13-4-8-23-12-13;/h1-5,8-10,12,19H,6-7,11H2;1H. The molecule has 0 aliphatic heterocycles. The molecular weight excluding hydrogens is 376 g/mol. The molecule has 0 fully saturated rings. The molecule has 0 amide bonds. The quantitative estimate of drug-likeness (QED) is 0.438. The van der Waals surface area contributed by atoms with Gasteiger partial charge in [-0.15, -0.1) is 23.7 Å². The maximum atomic E-state index is 5.84. The van der Waals surface area contributed by atoms with Crippen LogP contribution in [0.2, 0.25) is 0 Å². The highest BCUT2D eigenvalue weighted by atomic mass is 35.5. The van der Waals surface area contributed by atoms with Crippen molar-refractivity contribution in [2.75, 3.05) is 13.2 Å². The molecule has 130 valence electrons. The Labute approximate surface area is 159 Å². The Bertz CT molecular complexity index is 918. The summed E-state index contributed by atoms with van der Waals surface area (Å²) in [4.78, 5) is 0. The second-order valence-corrected chi connectivity index (χ2v) is 7.03. The van der Waals surface area contributed by atoms with Gasteiger partial charge in [0.05, 0.1) is 0 Å². The number of aromatic nitrogens is 1. The highest BCUT2D eigenvalue weighted by Crippen LogP contribution is 2.33. The lowest BCUT2D eigenvalue weighted by molar-refractivity contribution is 0.314. The fourth-order valence-electron chi connectivity index (χ4n) is 2.46. The van der Waals surface area contributed by atoms with E-state index in [1.165, 1.54) is 5.56 Å². The minimum atomic E-state index is 0. The fraction of sp³-hybridized carbons (Fsp3) is 0.167. The second kappa shape index (κ2) is 8.49. The van der Waals surface area contributed by atoms with Gasteiger partial charge in [-0.3, -0.25) is 0 Å². The molecule has 4 aromatic rings. The zero-order valence-electron chi connectivity index (χ0n) is 13.3. The number of halogens is 1. The van der Waals surface area contributed by atoms with Crippen molar-refractivity contribution in [1.29, 1.82) is 0 Å². The summed E-state index contributed by atoms with van der Waals surface area (Å²) in [7, 11) is 0. The molecule has 7 heteroatoms. The Balaban J connectivity index is 0.00000182. The summed E-state index contributed by atoms with van der Waals surface area (Å²) in [5.74, 6) is 0.845.